The Morgan fingerprint density at radius 3 is 2.77 bits per heavy atom. The predicted molar refractivity (Wildman–Crippen MR) is 127 cm³/mol. The first-order chi connectivity index (χ1) is 15.2. The first kappa shape index (κ1) is 19.4. The molecule has 6 nitrogen and oxygen atoms in total. The monoisotopic (exact) mass is 413 g/mol. The number of anilines is 2. The van der Waals surface area contributed by atoms with Crippen LogP contribution in [0, 0.1) is 0 Å². The number of nitrogens with two attached hydrogens (primary N) is 1. The van der Waals surface area contributed by atoms with Gasteiger partial charge in [-0.05, 0) is 30.5 Å². The number of benzene rings is 1. The van der Waals surface area contributed by atoms with E-state index in [4.69, 9.17) is 10.2 Å². The van der Waals surface area contributed by atoms with Crippen molar-refractivity contribution in [1.82, 2.24) is 14.8 Å². The zero-order chi connectivity index (χ0) is 21.4. The van der Waals surface area contributed by atoms with Crippen LogP contribution < -0.4 is 11.1 Å². The maximum atomic E-state index is 6.17. The number of furan rings is 1. The highest BCUT2D eigenvalue weighted by Crippen LogP contribution is 2.38. The number of nitrogens with zero attached hydrogens (tertiary/aromatic N) is 3. The average Bonchev–Trinajstić information content (AvgIpc) is 3.48. The Labute approximate surface area is 181 Å². The third-order valence-corrected chi connectivity index (χ3v) is 6.28. The van der Waals surface area contributed by atoms with Crippen molar-refractivity contribution in [2.75, 3.05) is 18.1 Å². The van der Waals surface area contributed by atoms with E-state index in [0.717, 1.165) is 39.1 Å². The van der Waals surface area contributed by atoms with Gasteiger partial charge in [-0.2, -0.15) is 5.10 Å². The lowest BCUT2D eigenvalue weighted by Gasteiger charge is -2.21. The second kappa shape index (κ2) is 7.95. The molecule has 1 aliphatic rings. The highest BCUT2D eigenvalue weighted by molar-refractivity contribution is 6.00. The summed E-state index contributed by atoms with van der Waals surface area (Å²) in [5, 5.41) is 8.82. The Kier molecular flexibility index (Phi) is 4.98. The molecule has 1 fully saturated rings. The molecule has 0 amide bonds. The standard InChI is InChI=1S/C25H27N5O/c1-3-16-9-10-17(11-22(16)27-2)23-12-20-21(14-28-25(26)24(20)31-23)18-13-29-30(15-18)19-7-5-4-6-8-19/h3,9-15,19,27H,1,4-8H2,2H3,(H2,26,28). The summed E-state index contributed by atoms with van der Waals surface area (Å²) in [6.07, 6.45) is 14.0. The highest BCUT2D eigenvalue weighted by atomic mass is 16.3. The smallest absolute Gasteiger partial charge is 0.177 e. The van der Waals surface area contributed by atoms with Crippen molar-refractivity contribution in [2.24, 2.45) is 0 Å². The zero-order valence-electron chi connectivity index (χ0n) is 17.8. The van der Waals surface area contributed by atoms with E-state index in [1.807, 2.05) is 43.7 Å². The SMILES string of the molecule is C=Cc1ccc(-c2cc3c(-c4cnn(C5CCCCC5)c4)cnc(N)c3o2)cc1NC. The van der Waals surface area contributed by atoms with Gasteiger partial charge in [0.1, 0.15) is 5.76 Å². The van der Waals surface area contributed by atoms with Crippen molar-refractivity contribution in [3.63, 3.8) is 0 Å². The van der Waals surface area contributed by atoms with Gasteiger partial charge in [-0.15, -0.1) is 0 Å². The molecule has 0 spiro atoms. The summed E-state index contributed by atoms with van der Waals surface area (Å²) >= 11 is 0. The van der Waals surface area contributed by atoms with Gasteiger partial charge in [-0.25, -0.2) is 4.98 Å². The van der Waals surface area contributed by atoms with Gasteiger partial charge >= 0.3 is 0 Å². The second-order valence-corrected chi connectivity index (χ2v) is 8.17. The van der Waals surface area contributed by atoms with Gasteiger partial charge in [-0.3, -0.25) is 4.68 Å². The van der Waals surface area contributed by atoms with Crippen molar-refractivity contribution < 1.29 is 4.42 Å². The van der Waals surface area contributed by atoms with Gasteiger partial charge in [-0.1, -0.05) is 44.1 Å². The van der Waals surface area contributed by atoms with Crippen LogP contribution in [-0.4, -0.2) is 21.8 Å². The molecule has 3 N–H and O–H groups in total. The van der Waals surface area contributed by atoms with Crippen molar-refractivity contribution in [3.05, 3.63) is 55.0 Å². The summed E-state index contributed by atoms with van der Waals surface area (Å²) in [5.74, 6) is 1.14. The van der Waals surface area contributed by atoms with Crippen LogP contribution in [0.1, 0.15) is 43.7 Å². The van der Waals surface area contributed by atoms with Gasteiger partial charge in [0.05, 0.1) is 12.2 Å². The normalized spacial score (nSPS) is 14.7. The van der Waals surface area contributed by atoms with Crippen LogP contribution in [0.4, 0.5) is 11.5 Å². The number of nitrogen functional groups attached to an aromatic ring is 1. The molecular formula is C25H27N5O. The number of nitrogens with one attached hydrogen (secondary N) is 1. The number of fused-ring (bicyclic) bond motifs is 1. The quantitative estimate of drug-likeness (QED) is 0.411. The number of pyridine rings is 1. The van der Waals surface area contributed by atoms with E-state index in [1.54, 1.807) is 0 Å². The molecule has 6 heteroatoms. The molecule has 0 bridgehead atoms. The summed E-state index contributed by atoms with van der Waals surface area (Å²) in [5.41, 5.74) is 11.8. The van der Waals surface area contributed by atoms with Crippen LogP contribution >= 0.6 is 0 Å². The highest BCUT2D eigenvalue weighted by Gasteiger charge is 2.19. The van der Waals surface area contributed by atoms with E-state index in [2.05, 4.69) is 38.9 Å². The van der Waals surface area contributed by atoms with E-state index in [-0.39, 0.29) is 0 Å². The van der Waals surface area contributed by atoms with Crippen LogP contribution in [0.3, 0.4) is 0 Å². The minimum Gasteiger partial charge on any atom is -0.452 e. The third kappa shape index (κ3) is 3.48. The van der Waals surface area contributed by atoms with E-state index >= 15 is 0 Å². The molecule has 0 atom stereocenters. The molecule has 0 unspecified atom stereocenters. The van der Waals surface area contributed by atoms with Crippen LogP contribution in [0.2, 0.25) is 0 Å². The molecule has 1 aromatic carbocycles. The molecular weight excluding hydrogens is 386 g/mol. The molecule has 0 saturated heterocycles. The average molecular weight is 414 g/mol. The number of aromatic nitrogens is 3. The summed E-state index contributed by atoms with van der Waals surface area (Å²) in [6.45, 7) is 3.87. The maximum absolute atomic E-state index is 6.17. The van der Waals surface area contributed by atoms with Crippen molar-refractivity contribution in [3.8, 4) is 22.5 Å². The zero-order valence-corrected chi connectivity index (χ0v) is 17.8. The van der Waals surface area contributed by atoms with Crippen LogP contribution in [0.25, 0.3) is 39.5 Å². The van der Waals surface area contributed by atoms with Crippen molar-refractivity contribution >= 4 is 28.6 Å². The molecule has 0 radical (unpaired) electrons. The Hall–Kier alpha value is -3.54. The van der Waals surface area contributed by atoms with Crippen LogP contribution in [0.5, 0.6) is 0 Å². The van der Waals surface area contributed by atoms with Gasteiger partial charge in [0.2, 0.25) is 0 Å². The van der Waals surface area contributed by atoms with Crippen LogP contribution in [-0.2, 0) is 0 Å². The molecule has 1 saturated carbocycles. The largest absolute Gasteiger partial charge is 0.452 e. The predicted octanol–water partition coefficient (Wildman–Crippen LogP) is 6.13. The van der Waals surface area contributed by atoms with Gasteiger partial charge in [0, 0.05) is 47.2 Å². The summed E-state index contributed by atoms with van der Waals surface area (Å²) < 4.78 is 8.29. The van der Waals surface area contributed by atoms with Crippen molar-refractivity contribution in [2.45, 2.75) is 38.1 Å². The molecule has 5 rings (SSSR count). The lowest BCUT2D eigenvalue weighted by molar-refractivity contribution is 0.329. The number of hydrogen-bond acceptors (Lipinski definition) is 5. The molecule has 1 aliphatic carbocycles. The minimum absolute atomic E-state index is 0.390. The number of rotatable bonds is 5. The molecule has 0 aliphatic heterocycles. The second-order valence-electron chi connectivity index (χ2n) is 8.17. The Morgan fingerprint density at radius 2 is 2.00 bits per heavy atom. The number of hydrogen-bond donors (Lipinski definition) is 2. The summed E-state index contributed by atoms with van der Waals surface area (Å²) in [6, 6.07) is 8.64. The Bertz CT molecular complexity index is 1250. The molecule has 3 heterocycles. The molecule has 4 aromatic rings. The first-order valence-electron chi connectivity index (χ1n) is 10.8. The minimum atomic E-state index is 0.390. The topological polar surface area (TPSA) is 81.9 Å². The first-order valence-corrected chi connectivity index (χ1v) is 10.8. The van der Waals surface area contributed by atoms with Crippen LogP contribution in [0.15, 0.2) is 53.9 Å². The van der Waals surface area contributed by atoms with Crippen molar-refractivity contribution in [1.29, 1.82) is 0 Å². The maximum Gasteiger partial charge on any atom is 0.177 e. The molecule has 158 valence electrons. The van der Waals surface area contributed by atoms with Gasteiger partial charge in [0.25, 0.3) is 0 Å². The summed E-state index contributed by atoms with van der Waals surface area (Å²) in [7, 11) is 1.90. The van der Waals surface area contributed by atoms with E-state index < -0.39 is 0 Å². The van der Waals surface area contributed by atoms with Gasteiger partial charge in [0.15, 0.2) is 11.4 Å². The molecule has 31 heavy (non-hydrogen) atoms. The summed E-state index contributed by atoms with van der Waals surface area (Å²) in [4.78, 5) is 4.39. The van der Waals surface area contributed by atoms with E-state index in [0.29, 0.717) is 17.4 Å². The fourth-order valence-corrected chi connectivity index (χ4v) is 4.54. The Morgan fingerprint density at radius 1 is 1.16 bits per heavy atom. The fraction of sp³-hybridized carbons (Fsp3) is 0.280. The van der Waals surface area contributed by atoms with Gasteiger partial charge < -0.3 is 15.5 Å². The molecule has 3 aromatic heterocycles. The Balaban J connectivity index is 1.57. The van der Waals surface area contributed by atoms with E-state index in [9.17, 15) is 0 Å². The lowest BCUT2D eigenvalue weighted by atomic mass is 9.96. The lowest BCUT2D eigenvalue weighted by Crippen LogP contribution is -2.12. The van der Waals surface area contributed by atoms with E-state index in [1.165, 1.54) is 32.1 Å². The third-order valence-electron chi connectivity index (χ3n) is 6.28. The fourth-order valence-electron chi connectivity index (χ4n) is 4.54.